The van der Waals surface area contributed by atoms with Gasteiger partial charge in [0.25, 0.3) is 22.8 Å². The van der Waals surface area contributed by atoms with Crippen molar-refractivity contribution in [2.75, 3.05) is 178 Å². The number of cyclic esters (lactones) is 1. The number of esters is 1. The van der Waals surface area contributed by atoms with Crippen LogP contribution in [-0.2, 0) is 111 Å². The predicted molar refractivity (Wildman–Crippen MR) is 492 cm³/mol. The summed E-state index contributed by atoms with van der Waals surface area (Å²) in [5, 5.41) is 30.0. The number of fused-ring (bicyclic) bond motifs is 4. The van der Waals surface area contributed by atoms with E-state index in [1.54, 1.807) is 59.3 Å². The SMILES string of the molecule is CO[C@H]1C[C@@H]2CC[C@@H](C)[C@@](O)(O2)C(=O)C(=O)N2CCCC[C@H]2C(=O)O[C@H]([C@H](C)C[C@@H]2CC[C@@H](OC(=S)NCCOCCOCCOCCOCCOCCOCCOCCOCCC(=O)NCCS(=O)(=O)c3ccc(C(=O)N4CCOc5ccc(-c6ccc(N)nc6)cc5C4)c(C)c3)[C@H](OC)C2)C[C@@H](OC)[C@H](C)/C=C(\C)[C@@H](O)[C@@H](OC)C(=O)[C@H](C)C[C@H](C)/C=C/C=CC=C1C. The van der Waals surface area contributed by atoms with E-state index in [0.29, 0.717) is 205 Å². The zero-order valence-electron chi connectivity index (χ0n) is 78.2. The number of aliphatic hydroxyl groups excluding tert-OH is 1. The Hall–Kier alpha value is -7.59. The third-order valence-corrected chi connectivity index (χ3v) is 26.6. The Labute approximate surface area is 773 Å². The van der Waals surface area contributed by atoms with Crippen molar-refractivity contribution in [3.63, 3.8) is 0 Å². The van der Waals surface area contributed by atoms with Crippen LogP contribution in [0.25, 0.3) is 11.1 Å². The molecule has 6 N–H and O–H groups in total. The van der Waals surface area contributed by atoms with Crippen LogP contribution in [0.15, 0.2) is 107 Å². The summed E-state index contributed by atoms with van der Waals surface area (Å²) in [6, 6.07) is 12.7. The summed E-state index contributed by atoms with van der Waals surface area (Å²) in [4.78, 5) is 91.6. The molecule has 8 rings (SSSR count). The van der Waals surface area contributed by atoms with Gasteiger partial charge in [-0.1, -0.05) is 77.1 Å². The number of Topliss-reactive ketones (excluding diaryl/α,β-unsaturated/α-hetero) is 2. The number of hydrogen-bond donors (Lipinski definition) is 5. The van der Waals surface area contributed by atoms with Crippen molar-refractivity contribution in [1.29, 1.82) is 0 Å². The molecule has 130 heavy (non-hydrogen) atoms. The van der Waals surface area contributed by atoms with Crippen LogP contribution in [0.3, 0.4) is 0 Å². The van der Waals surface area contributed by atoms with E-state index in [2.05, 4.69) is 15.6 Å². The average molecular weight is 1860 g/mol. The number of nitrogens with two attached hydrogens (primary N) is 1. The molecule has 1 aliphatic carbocycles. The van der Waals surface area contributed by atoms with Crippen molar-refractivity contribution in [3.05, 3.63) is 119 Å². The molecule has 1 saturated carbocycles. The summed E-state index contributed by atoms with van der Waals surface area (Å²) in [6.45, 7) is 21.9. The number of carbonyl (C=O) groups excluding carboxylic acids is 6. The number of aromatic nitrogens is 1. The number of ketones is 2. The molecular weight excluding hydrogens is 1720 g/mol. The molecule has 16 atom stereocenters. The fourth-order valence-electron chi connectivity index (χ4n) is 17.0. The van der Waals surface area contributed by atoms with Gasteiger partial charge in [-0.05, 0) is 180 Å². The number of nitrogens with one attached hydrogen (secondary N) is 2. The fraction of sp³-hybridized carbons (Fsp3) is 0.667. The van der Waals surface area contributed by atoms with E-state index in [0.717, 1.165) is 28.7 Å². The van der Waals surface area contributed by atoms with Gasteiger partial charge in [0.1, 0.15) is 48.6 Å². The maximum absolute atomic E-state index is 14.9. The number of allylic oxidation sites excluding steroid dienone is 5. The number of aryl methyl sites for hydroxylation is 1. The summed E-state index contributed by atoms with van der Waals surface area (Å²) in [5.74, 6) is -6.98. The van der Waals surface area contributed by atoms with Gasteiger partial charge in [-0.3, -0.25) is 24.0 Å². The number of piperidine rings is 1. The summed E-state index contributed by atoms with van der Waals surface area (Å²) in [6.07, 6.45) is 13.7. The van der Waals surface area contributed by atoms with Gasteiger partial charge < -0.3 is 112 Å². The smallest absolute Gasteiger partial charge is 0.329 e. The van der Waals surface area contributed by atoms with Crippen molar-refractivity contribution in [3.8, 4) is 16.9 Å². The molecule has 2 aromatic carbocycles. The van der Waals surface area contributed by atoms with Crippen molar-refractivity contribution >= 4 is 68.3 Å². The maximum atomic E-state index is 14.9. The minimum Gasteiger partial charge on any atom is -0.491 e. The maximum Gasteiger partial charge on any atom is 0.329 e. The van der Waals surface area contributed by atoms with E-state index in [-0.39, 0.29) is 115 Å². The molecule has 3 aromatic rings. The number of rotatable bonds is 41. The second kappa shape index (κ2) is 56.6. The third kappa shape index (κ3) is 34.4. The Morgan fingerprint density at radius 3 is 1.95 bits per heavy atom. The van der Waals surface area contributed by atoms with Gasteiger partial charge in [-0.25, -0.2) is 18.2 Å². The number of methoxy groups -OCH3 is 4. The van der Waals surface area contributed by atoms with E-state index in [4.69, 9.17) is 93.7 Å². The Kier molecular flexibility index (Phi) is 46.9. The highest BCUT2D eigenvalue weighted by Gasteiger charge is 2.53. The quantitative estimate of drug-likeness (QED) is 0.0116. The molecular formula is C96H144N6O26S2. The third-order valence-electron chi connectivity index (χ3n) is 24.7. The van der Waals surface area contributed by atoms with Crippen LogP contribution in [-0.4, -0.2) is 307 Å². The molecule has 726 valence electrons. The highest BCUT2D eigenvalue weighted by atomic mass is 32.2. The number of ether oxygens (including phenoxy) is 16. The van der Waals surface area contributed by atoms with Gasteiger partial charge in [-0.15, -0.1) is 0 Å². The normalized spacial score (nSPS) is 26.5. The van der Waals surface area contributed by atoms with Crippen LogP contribution >= 0.6 is 12.2 Å². The number of thiocarbonyl (C=S) groups is 1. The van der Waals surface area contributed by atoms with Crippen LogP contribution in [0.2, 0.25) is 0 Å². The Balaban J connectivity index is 0.649. The number of carbonyl (C=O) groups is 6. The molecule has 2 bridgehead atoms. The molecule has 0 spiro atoms. The molecule has 5 heterocycles. The zero-order valence-corrected chi connectivity index (χ0v) is 79.8. The summed E-state index contributed by atoms with van der Waals surface area (Å²) in [5.41, 5.74) is 10.7. The number of anilines is 1. The molecule has 2 saturated heterocycles. The summed E-state index contributed by atoms with van der Waals surface area (Å²) in [7, 11) is 2.45. The minimum atomic E-state index is -3.78. The number of amides is 3. The highest BCUT2D eigenvalue weighted by molar-refractivity contribution is 7.91. The number of pyridine rings is 1. The van der Waals surface area contributed by atoms with Gasteiger partial charge in [0.15, 0.2) is 15.6 Å². The molecule has 0 unspecified atom stereocenters. The van der Waals surface area contributed by atoms with Crippen molar-refractivity contribution in [2.45, 2.75) is 211 Å². The first kappa shape index (κ1) is 108. The number of aliphatic hydroxyl groups is 2. The average Bonchev–Trinajstić information content (AvgIpc) is 0.867. The topological polar surface area (TPSA) is 394 Å². The lowest BCUT2D eigenvalue weighted by atomic mass is 9.78. The van der Waals surface area contributed by atoms with E-state index in [1.165, 1.54) is 30.2 Å². The summed E-state index contributed by atoms with van der Waals surface area (Å²) >= 11 is 5.64. The number of nitrogen functional groups attached to an aromatic ring is 1. The monoisotopic (exact) mass is 1860 g/mol. The van der Waals surface area contributed by atoms with Gasteiger partial charge in [0.05, 0.1) is 147 Å². The van der Waals surface area contributed by atoms with Crippen LogP contribution in [0, 0.1) is 42.4 Å². The van der Waals surface area contributed by atoms with Crippen LogP contribution in [0.4, 0.5) is 5.82 Å². The molecule has 3 amide bonds. The van der Waals surface area contributed by atoms with Crippen LogP contribution in [0.1, 0.15) is 153 Å². The number of hydrogen-bond acceptors (Lipinski definition) is 29. The van der Waals surface area contributed by atoms with Crippen molar-refractivity contribution < 1.29 is 123 Å². The Bertz CT molecular complexity index is 4270. The van der Waals surface area contributed by atoms with E-state index in [9.17, 15) is 47.4 Å². The molecule has 34 heteroatoms. The van der Waals surface area contributed by atoms with Crippen LogP contribution in [0.5, 0.6) is 5.75 Å². The molecule has 3 fully saturated rings. The number of benzene rings is 2. The van der Waals surface area contributed by atoms with E-state index in [1.807, 2.05) is 95.3 Å². The molecule has 1 aromatic heterocycles. The lowest BCUT2D eigenvalue weighted by Gasteiger charge is -2.43. The zero-order chi connectivity index (χ0) is 94.1. The highest BCUT2D eigenvalue weighted by Crippen LogP contribution is 2.40. The van der Waals surface area contributed by atoms with Gasteiger partial charge >= 0.3 is 5.97 Å². The number of nitrogens with zero attached hydrogens (tertiary/aromatic N) is 3. The summed E-state index contributed by atoms with van der Waals surface area (Å²) < 4.78 is 121. The molecule has 4 aliphatic heterocycles. The Morgan fingerprint density at radius 1 is 0.677 bits per heavy atom. The number of sulfone groups is 1. The fourth-order valence-corrected chi connectivity index (χ4v) is 18.4. The Morgan fingerprint density at radius 2 is 1.32 bits per heavy atom. The molecule has 0 radical (unpaired) electrons. The first-order valence-corrected chi connectivity index (χ1v) is 48.0. The minimum absolute atomic E-state index is 0.0122. The van der Waals surface area contributed by atoms with Crippen LogP contribution < -0.4 is 21.1 Å². The van der Waals surface area contributed by atoms with Gasteiger partial charge in [0, 0.05) is 115 Å². The second-order valence-electron chi connectivity index (χ2n) is 34.5. The van der Waals surface area contributed by atoms with Gasteiger partial charge in [-0.2, -0.15) is 0 Å². The van der Waals surface area contributed by atoms with Crippen molar-refractivity contribution in [1.82, 2.24) is 25.4 Å². The second-order valence-corrected chi connectivity index (χ2v) is 36.9. The van der Waals surface area contributed by atoms with E-state index >= 15 is 0 Å². The lowest BCUT2D eigenvalue weighted by Crippen LogP contribution is -2.61. The first-order valence-electron chi connectivity index (χ1n) is 45.9. The predicted octanol–water partition coefficient (Wildman–Crippen LogP) is 9.63. The standard InChI is InChI=1S/C96H144N6O26S2/c1-64-18-14-13-15-19-65(2)82(113-9)60-76-25-21-71(8)96(110,128-76)91(106)93(108)102-34-17-16-20-79(102)94(109)126-84(61-83(114-10)67(4)55-70(7)89(105)90(116-12)88(104)69(6)54-64)68(5)56-72-22-28-81(85(58-72)115-11)127-95(129)99-32-37-118-40-42-120-44-46-122-48-50-124-52-51-123-49-47-121-45-43-119-41-39-117-36-31-87(103)98-33-53-130(111,112)77-26-27-78(66(3)57-77)92(107)101-35-38-125-80-29-23-73(59-75(80)63-101)74-24-30-86(97)100-62-74/h13-15,18-19,23-24,26-27,29-30,55,57,59,62,64,67-69,71-72,76,79,81-85,89-90,105,110H,16-17,20-22,25,28,31-54,56,58,60-61,63H2,1-12H3,(H2,97,100)(H,98,103)(H,99,129)/b15-13?,18-14+,65-19?,70-55+/t64-,67-,68-,69-,71-,72+,76+,79+,81-,82+,83-,84+,85-,89-,90+,96-/m1/s1. The largest absolute Gasteiger partial charge is 0.491 e. The lowest BCUT2D eigenvalue weighted by molar-refractivity contribution is -0.265. The van der Waals surface area contributed by atoms with Crippen molar-refractivity contribution in [2.24, 2.45) is 35.5 Å². The van der Waals surface area contributed by atoms with E-state index < -0.39 is 87.8 Å². The molecule has 5 aliphatic rings. The van der Waals surface area contributed by atoms with Gasteiger partial charge in [0.2, 0.25) is 11.7 Å². The molecule has 32 nitrogen and oxygen atoms in total. The first-order chi connectivity index (χ1) is 62.5.